The summed E-state index contributed by atoms with van der Waals surface area (Å²) in [5, 5.41) is 3.06. The van der Waals surface area contributed by atoms with Gasteiger partial charge in [-0.15, -0.1) is 0 Å². The highest BCUT2D eigenvalue weighted by atomic mass is 16.5. The predicted octanol–water partition coefficient (Wildman–Crippen LogP) is 2.71. The number of fused-ring (bicyclic) bond motifs is 2. The van der Waals surface area contributed by atoms with Gasteiger partial charge in [-0.3, -0.25) is 4.79 Å². The molecule has 29 heavy (non-hydrogen) atoms. The highest BCUT2D eigenvalue weighted by molar-refractivity contribution is 6.07. The normalized spacial score (nSPS) is 36.0. The highest BCUT2D eigenvalue weighted by Crippen LogP contribution is 2.56. The number of methoxy groups -OCH3 is 2. The molecule has 0 unspecified atom stereocenters. The van der Waals surface area contributed by atoms with E-state index in [2.05, 4.69) is 11.4 Å². The second kappa shape index (κ2) is 6.49. The van der Waals surface area contributed by atoms with Crippen LogP contribution in [0.5, 0.6) is 5.75 Å². The zero-order valence-electron chi connectivity index (χ0n) is 16.9. The number of carbonyl (C=O) groups excluding carboxylic acids is 2. The Bertz CT molecular complexity index is 912. The molecule has 0 aromatic heterocycles. The molecule has 4 aliphatic heterocycles. The molecule has 1 spiro atoms. The van der Waals surface area contributed by atoms with Gasteiger partial charge in [0, 0.05) is 30.3 Å². The van der Waals surface area contributed by atoms with Crippen molar-refractivity contribution in [2.75, 3.05) is 32.7 Å². The van der Waals surface area contributed by atoms with E-state index >= 15 is 0 Å². The van der Waals surface area contributed by atoms with E-state index in [9.17, 15) is 9.59 Å². The van der Waals surface area contributed by atoms with E-state index in [1.807, 2.05) is 25.1 Å². The van der Waals surface area contributed by atoms with Crippen molar-refractivity contribution in [2.45, 2.75) is 37.3 Å². The average molecular weight is 398 g/mol. The molecule has 5 atom stereocenters. The van der Waals surface area contributed by atoms with Crippen LogP contribution in [0.2, 0.25) is 0 Å². The lowest BCUT2D eigenvalue weighted by Gasteiger charge is -2.46. The summed E-state index contributed by atoms with van der Waals surface area (Å²) < 4.78 is 16.8. The van der Waals surface area contributed by atoms with E-state index in [0.29, 0.717) is 31.2 Å². The first kappa shape index (κ1) is 18.5. The number of anilines is 1. The second-order valence-electron chi connectivity index (χ2n) is 8.40. The van der Waals surface area contributed by atoms with Gasteiger partial charge in [-0.1, -0.05) is 17.7 Å². The molecule has 1 aromatic rings. The smallest absolute Gasteiger partial charge is 0.410 e. The summed E-state index contributed by atoms with van der Waals surface area (Å²) in [5.74, 6) is 1.13. The van der Waals surface area contributed by atoms with Crippen molar-refractivity contribution in [3.05, 3.63) is 35.4 Å². The third-order valence-electron chi connectivity index (χ3n) is 7.42. The topological polar surface area (TPSA) is 77.1 Å². The summed E-state index contributed by atoms with van der Waals surface area (Å²) in [7, 11) is 3.02. The Morgan fingerprint density at radius 3 is 2.93 bits per heavy atom. The lowest BCUT2D eigenvalue weighted by molar-refractivity contribution is -0.129. The molecule has 1 aliphatic carbocycles. The number of likely N-dealkylation sites (tertiary alicyclic amines) is 1. The largest absolute Gasteiger partial charge is 0.497 e. The summed E-state index contributed by atoms with van der Waals surface area (Å²) in [6.07, 6.45) is 2.86. The average Bonchev–Trinajstić information content (AvgIpc) is 2.86. The number of hydrogen-bond donors (Lipinski definition) is 1. The monoisotopic (exact) mass is 398 g/mol. The van der Waals surface area contributed by atoms with E-state index in [1.165, 1.54) is 12.7 Å². The van der Waals surface area contributed by atoms with Crippen LogP contribution in [-0.2, 0) is 19.7 Å². The lowest BCUT2D eigenvalue weighted by Crippen LogP contribution is -2.54. The van der Waals surface area contributed by atoms with Gasteiger partial charge in [0.15, 0.2) is 0 Å². The van der Waals surface area contributed by atoms with Gasteiger partial charge >= 0.3 is 6.09 Å². The van der Waals surface area contributed by atoms with Gasteiger partial charge in [0.1, 0.15) is 11.2 Å². The molecule has 4 heterocycles. The zero-order chi connectivity index (χ0) is 20.3. The molecule has 2 amide bonds. The number of benzene rings is 1. The fraction of sp³-hybridized carbons (Fsp3) is 0.545. The summed E-state index contributed by atoms with van der Waals surface area (Å²) in [6, 6.07) is 5.61. The molecule has 0 radical (unpaired) electrons. The maximum absolute atomic E-state index is 13.5. The molecule has 7 nitrogen and oxygen atoms in total. The van der Waals surface area contributed by atoms with Crippen molar-refractivity contribution in [3.63, 3.8) is 0 Å². The number of hydrogen-bond acceptors (Lipinski definition) is 5. The molecule has 1 aromatic carbocycles. The summed E-state index contributed by atoms with van der Waals surface area (Å²) in [5.41, 5.74) is 2.13. The molecule has 3 saturated heterocycles. The minimum atomic E-state index is -0.814. The van der Waals surface area contributed by atoms with Gasteiger partial charge in [-0.2, -0.15) is 0 Å². The number of amides is 2. The van der Waals surface area contributed by atoms with Crippen LogP contribution >= 0.6 is 0 Å². The van der Waals surface area contributed by atoms with E-state index in [0.717, 1.165) is 17.7 Å². The fourth-order valence-electron chi connectivity index (χ4n) is 5.99. The van der Waals surface area contributed by atoms with Gasteiger partial charge in [0.2, 0.25) is 5.91 Å². The second-order valence-corrected chi connectivity index (χ2v) is 8.40. The molecule has 6 rings (SSSR count). The molecule has 5 aliphatic rings. The van der Waals surface area contributed by atoms with E-state index < -0.39 is 5.41 Å². The van der Waals surface area contributed by atoms with Crippen LogP contribution < -0.4 is 10.1 Å². The molecular weight excluding hydrogens is 372 g/mol. The van der Waals surface area contributed by atoms with Crippen LogP contribution in [0.15, 0.2) is 29.8 Å². The maximum Gasteiger partial charge on any atom is 0.410 e. The molecule has 4 bridgehead atoms. The standard InChI is InChI=1S/C22H26N2O5/c1-4-12-10-24(21(26)28-3)18-9-22(19-8-14(12)15(18)11-29-19)16-6-5-13(27-2)7-17(16)23-20(22)25/h4-7,14-15,18-19H,8-11H2,1-3H3,(H,23,25)/b12-4-/t14-,15-,18-,19+,22+/m0/s1. The Kier molecular flexibility index (Phi) is 4.13. The van der Waals surface area contributed by atoms with Gasteiger partial charge in [0.05, 0.1) is 26.9 Å². The van der Waals surface area contributed by atoms with Crippen molar-refractivity contribution >= 4 is 17.7 Å². The molecule has 1 N–H and O–H groups in total. The van der Waals surface area contributed by atoms with Gasteiger partial charge < -0.3 is 24.4 Å². The van der Waals surface area contributed by atoms with Crippen molar-refractivity contribution in [1.29, 1.82) is 0 Å². The number of rotatable bonds is 1. The third-order valence-corrected chi connectivity index (χ3v) is 7.42. The van der Waals surface area contributed by atoms with Crippen LogP contribution in [0.1, 0.15) is 25.3 Å². The van der Waals surface area contributed by atoms with E-state index in [-0.39, 0.29) is 30.1 Å². The fourth-order valence-corrected chi connectivity index (χ4v) is 5.99. The van der Waals surface area contributed by atoms with Crippen molar-refractivity contribution < 1.29 is 23.8 Å². The molecule has 7 heteroatoms. The summed E-state index contributed by atoms with van der Waals surface area (Å²) >= 11 is 0. The minimum Gasteiger partial charge on any atom is -0.497 e. The van der Waals surface area contributed by atoms with Crippen LogP contribution in [0, 0.1) is 11.8 Å². The minimum absolute atomic E-state index is 0.0502. The number of nitrogens with zero attached hydrogens (tertiary/aromatic N) is 1. The van der Waals surface area contributed by atoms with E-state index in [1.54, 1.807) is 12.0 Å². The summed E-state index contributed by atoms with van der Waals surface area (Å²) in [4.78, 5) is 27.9. The highest BCUT2D eigenvalue weighted by Gasteiger charge is 2.63. The van der Waals surface area contributed by atoms with Crippen LogP contribution in [-0.4, -0.2) is 56.4 Å². The van der Waals surface area contributed by atoms with Crippen LogP contribution in [0.25, 0.3) is 0 Å². The van der Waals surface area contributed by atoms with Gasteiger partial charge in [-0.05, 0) is 37.3 Å². The first-order chi connectivity index (χ1) is 14.0. The quantitative estimate of drug-likeness (QED) is 0.736. The number of carbonyl (C=O) groups is 2. The summed E-state index contributed by atoms with van der Waals surface area (Å²) in [6.45, 7) is 3.12. The zero-order valence-corrected chi connectivity index (χ0v) is 16.9. The van der Waals surface area contributed by atoms with Gasteiger partial charge in [0.25, 0.3) is 0 Å². The van der Waals surface area contributed by atoms with Crippen LogP contribution in [0.4, 0.5) is 10.5 Å². The Morgan fingerprint density at radius 1 is 1.38 bits per heavy atom. The molecule has 4 fully saturated rings. The van der Waals surface area contributed by atoms with Gasteiger partial charge in [-0.25, -0.2) is 4.79 Å². The van der Waals surface area contributed by atoms with Crippen molar-refractivity contribution in [2.24, 2.45) is 11.8 Å². The van der Waals surface area contributed by atoms with Crippen LogP contribution in [0.3, 0.4) is 0 Å². The lowest BCUT2D eigenvalue weighted by atomic mass is 9.72. The Hall–Kier alpha value is -2.54. The maximum atomic E-state index is 13.5. The van der Waals surface area contributed by atoms with Crippen molar-refractivity contribution in [1.82, 2.24) is 4.90 Å². The Balaban J connectivity index is 1.66. The Morgan fingerprint density at radius 2 is 2.21 bits per heavy atom. The van der Waals surface area contributed by atoms with Crippen molar-refractivity contribution in [3.8, 4) is 5.75 Å². The number of allylic oxidation sites excluding steroid dienone is 1. The third kappa shape index (κ3) is 2.40. The number of nitrogens with one attached hydrogen (secondary N) is 1. The first-order valence-electron chi connectivity index (χ1n) is 10.1. The Labute approximate surface area is 170 Å². The number of ether oxygens (including phenoxy) is 3. The number of piperidine rings is 1. The van der Waals surface area contributed by atoms with E-state index in [4.69, 9.17) is 14.2 Å². The SMILES string of the molecule is C/C=C1/CN(C(=O)OC)[C@H]2C[C@]3(C(=O)Nc4cc(OC)ccc43)[C@H]3C[C@@H]1[C@@H]2CO3. The molecule has 1 saturated carbocycles. The molecular formula is C22H26N2O5. The first-order valence-corrected chi connectivity index (χ1v) is 10.1. The molecule has 154 valence electrons. The predicted molar refractivity (Wildman–Crippen MR) is 106 cm³/mol.